The van der Waals surface area contributed by atoms with Crippen LogP contribution in [-0.4, -0.2) is 12.1 Å². The van der Waals surface area contributed by atoms with Crippen LogP contribution in [0.5, 0.6) is 0 Å². The maximum absolute atomic E-state index is 3.90. The summed E-state index contributed by atoms with van der Waals surface area (Å²) in [5, 5.41) is 3.90. The molecule has 1 aliphatic rings. The van der Waals surface area contributed by atoms with Crippen LogP contribution in [0.1, 0.15) is 62.1 Å². The summed E-state index contributed by atoms with van der Waals surface area (Å²) in [7, 11) is 0. The topological polar surface area (TPSA) is 12.0 Å². The minimum Gasteiger partial charge on any atom is -0.311 e. The van der Waals surface area contributed by atoms with Crippen molar-refractivity contribution in [3.63, 3.8) is 0 Å². The van der Waals surface area contributed by atoms with Crippen molar-refractivity contribution in [3.05, 3.63) is 34.9 Å². The largest absolute Gasteiger partial charge is 0.311 e. The second-order valence-corrected chi connectivity index (χ2v) is 6.31. The van der Waals surface area contributed by atoms with E-state index >= 15 is 0 Å². The number of rotatable bonds is 4. The highest BCUT2D eigenvalue weighted by Gasteiger charge is 2.30. The van der Waals surface area contributed by atoms with E-state index in [1.54, 1.807) is 5.56 Å². The fraction of sp³-hybridized carbons (Fsp3) is 0.667. The van der Waals surface area contributed by atoms with Crippen LogP contribution in [0.4, 0.5) is 0 Å². The van der Waals surface area contributed by atoms with Crippen LogP contribution in [-0.2, 0) is 6.42 Å². The third-order valence-corrected chi connectivity index (χ3v) is 4.72. The Kier molecular flexibility index (Phi) is 5.04. The first-order valence-corrected chi connectivity index (χ1v) is 7.97. The Morgan fingerprint density at radius 2 is 1.84 bits per heavy atom. The van der Waals surface area contributed by atoms with Crippen LogP contribution >= 0.6 is 0 Å². The molecular weight excluding hydrogens is 230 g/mol. The summed E-state index contributed by atoms with van der Waals surface area (Å²) in [4.78, 5) is 0. The van der Waals surface area contributed by atoms with E-state index < -0.39 is 0 Å². The molecule has 0 amide bonds. The molecule has 106 valence electrons. The zero-order chi connectivity index (χ0) is 13.7. The second-order valence-electron chi connectivity index (χ2n) is 6.31. The van der Waals surface area contributed by atoms with Crippen LogP contribution in [0.15, 0.2) is 18.2 Å². The molecule has 1 aromatic carbocycles. The van der Waals surface area contributed by atoms with Gasteiger partial charge in [-0.2, -0.15) is 0 Å². The van der Waals surface area contributed by atoms with Gasteiger partial charge in [0.05, 0.1) is 0 Å². The van der Waals surface area contributed by atoms with Crippen LogP contribution in [0.25, 0.3) is 0 Å². The van der Waals surface area contributed by atoms with Crippen molar-refractivity contribution >= 4 is 0 Å². The van der Waals surface area contributed by atoms with Crippen LogP contribution < -0.4 is 5.32 Å². The molecule has 1 aromatic rings. The molecular formula is C18H29N. The Morgan fingerprint density at radius 3 is 2.53 bits per heavy atom. The highest BCUT2D eigenvalue weighted by molar-refractivity contribution is 5.35. The molecule has 1 N–H and O–H groups in total. The average molecular weight is 259 g/mol. The molecule has 1 aliphatic heterocycles. The zero-order valence-electron chi connectivity index (χ0n) is 12.9. The van der Waals surface area contributed by atoms with Crippen molar-refractivity contribution in [2.45, 2.75) is 71.3 Å². The van der Waals surface area contributed by atoms with Gasteiger partial charge in [0.15, 0.2) is 0 Å². The number of hydrogen-bond acceptors (Lipinski definition) is 1. The predicted molar refractivity (Wildman–Crippen MR) is 83.7 cm³/mol. The summed E-state index contributed by atoms with van der Waals surface area (Å²) in [6, 6.07) is 6.71. The van der Waals surface area contributed by atoms with Gasteiger partial charge in [0.25, 0.3) is 0 Å². The normalized spacial score (nSPS) is 24.2. The van der Waals surface area contributed by atoms with Gasteiger partial charge in [-0.1, -0.05) is 44.4 Å². The summed E-state index contributed by atoms with van der Waals surface area (Å²) in [5.41, 5.74) is 4.84. The lowest BCUT2D eigenvalue weighted by Gasteiger charge is -2.35. The summed E-state index contributed by atoms with van der Waals surface area (Å²) in [6.45, 7) is 8.04. The van der Waals surface area contributed by atoms with E-state index in [0.29, 0.717) is 5.54 Å². The first-order chi connectivity index (χ1) is 9.17. The Morgan fingerprint density at radius 1 is 1.11 bits per heavy atom. The Labute approximate surface area is 118 Å². The van der Waals surface area contributed by atoms with Crippen LogP contribution in [0.2, 0.25) is 0 Å². The van der Waals surface area contributed by atoms with Crippen LogP contribution in [0.3, 0.4) is 0 Å². The molecule has 0 aliphatic carbocycles. The van der Waals surface area contributed by atoms with E-state index in [1.807, 2.05) is 0 Å². The predicted octanol–water partition coefficient (Wildman–Crippen LogP) is 4.55. The minimum absolute atomic E-state index is 0.349. The number of aryl methyl sites for hydroxylation is 2. The standard InChI is InChI=1S/C18H29N/c1-4-11-18(12-6-5-7-13-19-18)14-17-15(2)9-8-10-16(17)3/h8-10,19H,4-7,11-14H2,1-3H3. The van der Waals surface area contributed by atoms with Gasteiger partial charge in [0.1, 0.15) is 0 Å². The van der Waals surface area contributed by atoms with E-state index in [4.69, 9.17) is 0 Å². The summed E-state index contributed by atoms with van der Waals surface area (Å²) < 4.78 is 0. The van der Waals surface area contributed by atoms with Crippen molar-refractivity contribution in [1.82, 2.24) is 5.32 Å². The van der Waals surface area contributed by atoms with Gasteiger partial charge in [-0.3, -0.25) is 0 Å². The van der Waals surface area contributed by atoms with E-state index in [0.717, 1.165) is 0 Å². The molecule has 1 nitrogen and oxygen atoms in total. The Hall–Kier alpha value is -0.820. The van der Waals surface area contributed by atoms with Crippen LogP contribution in [0, 0.1) is 13.8 Å². The van der Waals surface area contributed by atoms with Gasteiger partial charge in [0, 0.05) is 5.54 Å². The fourth-order valence-electron chi connectivity index (χ4n) is 3.60. The molecule has 0 bridgehead atoms. The molecule has 0 saturated carbocycles. The third-order valence-electron chi connectivity index (χ3n) is 4.72. The molecule has 1 saturated heterocycles. The van der Waals surface area contributed by atoms with Crippen molar-refractivity contribution in [2.75, 3.05) is 6.54 Å². The number of nitrogens with one attached hydrogen (secondary N) is 1. The van der Waals surface area contributed by atoms with Gasteiger partial charge in [-0.25, -0.2) is 0 Å². The Bertz CT molecular complexity index is 380. The molecule has 0 radical (unpaired) electrons. The lowest BCUT2D eigenvalue weighted by atomic mass is 9.80. The SMILES string of the molecule is CCCC1(Cc2c(C)cccc2C)CCCCCN1. The highest BCUT2D eigenvalue weighted by atomic mass is 15.0. The third kappa shape index (κ3) is 3.60. The number of benzene rings is 1. The van der Waals surface area contributed by atoms with Gasteiger partial charge in [-0.15, -0.1) is 0 Å². The summed E-state index contributed by atoms with van der Waals surface area (Å²) in [5.74, 6) is 0. The molecule has 1 heteroatoms. The van der Waals surface area contributed by atoms with Crippen molar-refractivity contribution < 1.29 is 0 Å². The molecule has 19 heavy (non-hydrogen) atoms. The van der Waals surface area contributed by atoms with E-state index in [-0.39, 0.29) is 0 Å². The first-order valence-electron chi connectivity index (χ1n) is 7.97. The zero-order valence-corrected chi connectivity index (χ0v) is 12.9. The second kappa shape index (κ2) is 6.56. The minimum atomic E-state index is 0.349. The van der Waals surface area contributed by atoms with Gasteiger partial charge < -0.3 is 5.32 Å². The van der Waals surface area contributed by atoms with Crippen molar-refractivity contribution in [1.29, 1.82) is 0 Å². The van der Waals surface area contributed by atoms with Gasteiger partial charge >= 0.3 is 0 Å². The Balaban J connectivity index is 2.24. The van der Waals surface area contributed by atoms with Gasteiger partial charge in [-0.05, 0) is 62.8 Å². The summed E-state index contributed by atoms with van der Waals surface area (Å²) >= 11 is 0. The monoisotopic (exact) mass is 259 g/mol. The smallest absolute Gasteiger partial charge is 0.0221 e. The molecule has 1 heterocycles. The molecule has 0 spiro atoms. The lowest BCUT2D eigenvalue weighted by Crippen LogP contribution is -2.46. The average Bonchev–Trinajstić information content (AvgIpc) is 2.61. The molecule has 2 rings (SSSR count). The lowest BCUT2D eigenvalue weighted by molar-refractivity contribution is 0.287. The maximum Gasteiger partial charge on any atom is 0.0221 e. The maximum atomic E-state index is 3.90. The molecule has 1 unspecified atom stereocenters. The molecule has 1 atom stereocenters. The van der Waals surface area contributed by atoms with E-state index in [1.165, 1.54) is 62.6 Å². The highest BCUT2D eigenvalue weighted by Crippen LogP contribution is 2.30. The number of hydrogen-bond donors (Lipinski definition) is 1. The van der Waals surface area contributed by atoms with Crippen molar-refractivity contribution in [3.8, 4) is 0 Å². The first kappa shape index (κ1) is 14.6. The van der Waals surface area contributed by atoms with E-state index in [2.05, 4.69) is 44.3 Å². The molecule has 0 aromatic heterocycles. The fourth-order valence-corrected chi connectivity index (χ4v) is 3.60. The van der Waals surface area contributed by atoms with Gasteiger partial charge in [0.2, 0.25) is 0 Å². The van der Waals surface area contributed by atoms with Crippen molar-refractivity contribution in [2.24, 2.45) is 0 Å². The molecule has 1 fully saturated rings. The summed E-state index contributed by atoms with van der Waals surface area (Å²) in [6.07, 6.45) is 9.26. The quantitative estimate of drug-likeness (QED) is 0.836. The van der Waals surface area contributed by atoms with E-state index in [9.17, 15) is 0 Å².